The second-order valence-electron chi connectivity index (χ2n) is 4.74. The minimum absolute atomic E-state index is 0.237. The summed E-state index contributed by atoms with van der Waals surface area (Å²) in [4.78, 5) is 24.3. The summed E-state index contributed by atoms with van der Waals surface area (Å²) in [6.07, 6.45) is 3.08. The monoisotopic (exact) mass is 326 g/mol. The summed E-state index contributed by atoms with van der Waals surface area (Å²) in [7, 11) is 0. The standard InChI is InChI=1S/C15H14N6OS/c1-10(12-7-8-16-9-17-12)18-14(22)20-15-19-13(21-23-15)11-5-3-2-4-6-11/h2-10H,1H3,(H2,18,19,20,21,22). The molecule has 2 heterocycles. The number of hydrogen-bond acceptors (Lipinski definition) is 6. The number of aromatic nitrogens is 4. The molecule has 1 aromatic carbocycles. The lowest BCUT2D eigenvalue weighted by atomic mass is 10.2. The van der Waals surface area contributed by atoms with E-state index < -0.39 is 0 Å². The van der Waals surface area contributed by atoms with Gasteiger partial charge in [0, 0.05) is 23.3 Å². The largest absolute Gasteiger partial charge is 0.330 e. The molecule has 2 aromatic heterocycles. The van der Waals surface area contributed by atoms with Gasteiger partial charge >= 0.3 is 6.03 Å². The van der Waals surface area contributed by atoms with Crippen molar-refractivity contribution < 1.29 is 4.79 Å². The Morgan fingerprint density at radius 2 is 2.04 bits per heavy atom. The Kier molecular flexibility index (Phi) is 4.53. The van der Waals surface area contributed by atoms with E-state index in [1.165, 1.54) is 6.33 Å². The smallest absolute Gasteiger partial charge is 0.321 e. The number of nitrogens with one attached hydrogen (secondary N) is 2. The van der Waals surface area contributed by atoms with Crippen molar-refractivity contribution in [3.63, 3.8) is 0 Å². The predicted octanol–water partition coefficient (Wildman–Crippen LogP) is 2.88. The molecule has 1 atom stereocenters. The molecule has 0 saturated heterocycles. The summed E-state index contributed by atoms with van der Waals surface area (Å²) < 4.78 is 4.24. The number of nitrogens with zero attached hydrogens (tertiary/aromatic N) is 4. The third-order valence-corrected chi connectivity index (χ3v) is 3.71. The highest BCUT2D eigenvalue weighted by Gasteiger charge is 2.13. The molecule has 0 aliphatic heterocycles. The van der Waals surface area contributed by atoms with Crippen molar-refractivity contribution >= 4 is 22.7 Å². The molecule has 0 aliphatic carbocycles. The van der Waals surface area contributed by atoms with Crippen molar-refractivity contribution in [1.29, 1.82) is 0 Å². The van der Waals surface area contributed by atoms with Crippen LogP contribution in [-0.2, 0) is 0 Å². The van der Waals surface area contributed by atoms with E-state index in [1.807, 2.05) is 37.3 Å². The third-order valence-electron chi connectivity index (χ3n) is 3.07. The summed E-state index contributed by atoms with van der Waals surface area (Å²) in [5.41, 5.74) is 1.64. The molecule has 0 aliphatic rings. The van der Waals surface area contributed by atoms with Crippen LogP contribution in [-0.4, -0.2) is 25.4 Å². The van der Waals surface area contributed by atoms with E-state index in [-0.39, 0.29) is 12.1 Å². The number of benzene rings is 1. The summed E-state index contributed by atoms with van der Waals surface area (Å²) in [6.45, 7) is 1.84. The molecule has 0 bridgehead atoms. The van der Waals surface area contributed by atoms with E-state index >= 15 is 0 Å². The maximum absolute atomic E-state index is 12.0. The first kappa shape index (κ1) is 15.0. The molecule has 116 valence electrons. The van der Waals surface area contributed by atoms with Crippen molar-refractivity contribution in [3.05, 3.63) is 54.6 Å². The van der Waals surface area contributed by atoms with Crippen LogP contribution in [0.25, 0.3) is 11.4 Å². The van der Waals surface area contributed by atoms with E-state index in [4.69, 9.17) is 0 Å². The second kappa shape index (κ2) is 6.93. The molecule has 3 rings (SSSR count). The van der Waals surface area contributed by atoms with E-state index in [9.17, 15) is 4.79 Å². The first-order valence-corrected chi connectivity index (χ1v) is 7.72. The minimum atomic E-state index is -0.355. The SMILES string of the molecule is CC(NC(=O)Nc1nc(-c2ccccc2)ns1)c1ccncn1. The van der Waals surface area contributed by atoms with Crippen molar-refractivity contribution in [1.82, 2.24) is 24.6 Å². The predicted molar refractivity (Wildman–Crippen MR) is 87.9 cm³/mol. The average Bonchev–Trinajstić information content (AvgIpc) is 3.04. The molecule has 1 unspecified atom stereocenters. The second-order valence-corrected chi connectivity index (χ2v) is 5.50. The fraction of sp³-hybridized carbons (Fsp3) is 0.133. The van der Waals surface area contributed by atoms with Gasteiger partial charge in [-0.15, -0.1) is 0 Å². The number of anilines is 1. The van der Waals surface area contributed by atoms with Crippen LogP contribution >= 0.6 is 11.5 Å². The number of carbonyl (C=O) groups is 1. The zero-order valence-corrected chi connectivity index (χ0v) is 13.1. The van der Waals surface area contributed by atoms with Crippen LogP contribution in [0.2, 0.25) is 0 Å². The van der Waals surface area contributed by atoms with Gasteiger partial charge in [0.25, 0.3) is 0 Å². The Balaban J connectivity index is 1.61. The van der Waals surface area contributed by atoms with Gasteiger partial charge in [-0.3, -0.25) is 5.32 Å². The Morgan fingerprint density at radius 3 is 2.78 bits per heavy atom. The van der Waals surface area contributed by atoms with Crippen molar-refractivity contribution in [2.75, 3.05) is 5.32 Å². The summed E-state index contributed by atoms with van der Waals surface area (Å²) in [5, 5.41) is 5.92. The lowest BCUT2D eigenvalue weighted by molar-refractivity contribution is 0.249. The number of urea groups is 1. The lowest BCUT2D eigenvalue weighted by Gasteiger charge is -2.12. The highest BCUT2D eigenvalue weighted by Crippen LogP contribution is 2.20. The van der Waals surface area contributed by atoms with E-state index in [0.717, 1.165) is 22.8 Å². The molecule has 7 nitrogen and oxygen atoms in total. The summed E-state index contributed by atoms with van der Waals surface area (Å²) in [6, 6.07) is 10.8. The van der Waals surface area contributed by atoms with Crippen LogP contribution in [0.1, 0.15) is 18.7 Å². The topological polar surface area (TPSA) is 92.7 Å². The Labute approximate surface area is 137 Å². The van der Waals surface area contributed by atoms with Gasteiger partial charge in [-0.05, 0) is 13.0 Å². The van der Waals surface area contributed by atoms with E-state index in [2.05, 4.69) is 30.0 Å². The van der Waals surface area contributed by atoms with Crippen LogP contribution in [0.3, 0.4) is 0 Å². The fourth-order valence-electron chi connectivity index (χ4n) is 1.94. The molecular formula is C15H14N6OS. The summed E-state index contributed by atoms with van der Waals surface area (Å²) in [5.74, 6) is 0.592. The minimum Gasteiger partial charge on any atom is -0.330 e. The molecule has 0 fully saturated rings. The third kappa shape index (κ3) is 3.86. The van der Waals surface area contributed by atoms with Gasteiger partial charge in [0.15, 0.2) is 5.82 Å². The molecule has 0 radical (unpaired) electrons. The average molecular weight is 326 g/mol. The van der Waals surface area contributed by atoms with E-state index in [0.29, 0.717) is 11.0 Å². The first-order valence-electron chi connectivity index (χ1n) is 6.95. The molecular weight excluding hydrogens is 312 g/mol. The molecule has 0 spiro atoms. The van der Waals surface area contributed by atoms with Gasteiger partial charge < -0.3 is 5.32 Å². The zero-order valence-electron chi connectivity index (χ0n) is 12.3. The van der Waals surface area contributed by atoms with Crippen LogP contribution in [0, 0.1) is 0 Å². The van der Waals surface area contributed by atoms with Crippen LogP contribution < -0.4 is 10.6 Å². The maximum Gasteiger partial charge on any atom is 0.321 e. The van der Waals surface area contributed by atoms with Crippen molar-refractivity contribution in [3.8, 4) is 11.4 Å². The van der Waals surface area contributed by atoms with Crippen molar-refractivity contribution in [2.45, 2.75) is 13.0 Å². The normalized spacial score (nSPS) is 11.7. The molecule has 0 saturated carbocycles. The van der Waals surface area contributed by atoms with Crippen LogP contribution in [0.5, 0.6) is 0 Å². The van der Waals surface area contributed by atoms with Gasteiger partial charge in [0.2, 0.25) is 5.13 Å². The lowest BCUT2D eigenvalue weighted by Crippen LogP contribution is -2.31. The summed E-state index contributed by atoms with van der Waals surface area (Å²) >= 11 is 1.14. The Morgan fingerprint density at radius 1 is 1.22 bits per heavy atom. The van der Waals surface area contributed by atoms with Crippen LogP contribution in [0.15, 0.2) is 48.9 Å². The highest BCUT2D eigenvalue weighted by molar-refractivity contribution is 7.10. The van der Waals surface area contributed by atoms with Gasteiger partial charge in [0.1, 0.15) is 6.33 Å². The van der Waals surface area contributed by atoms with Crippen LogP contribution in [0.4, 0.5) is 9.93 Å². The highest BCUT2D eigenvalue weighted by atomic mass is 32.1. The molecule has 8 heteroatoms. The number of rotatable bonds is 4. The van der Waals surface area contributed by atoms with Gasteiger partial charge in [-0.2, -0.15) is 9.36 Å². The number of carbonyl (C=O) groups excluding carboxylic acids is 1. The first-order chi connectivity index (χ1) is 11.2. The van der Waals surface area contributed by atoms with Gasteiger partial charge in [-0.1, -0.05) is 30.3 Å². The van der Waals surface area contributed by atoms with Gasteiger partial charge in [0.05, 0.1) is 11.7 Å². The molecule has 23 heavy (non-hydrogen) atoms. The molecule has 2 amide bonds. The maximum atomic E-state index is 12.0. The molecule has 2 N–H and O–H groups in total. The number of amides is 2. The zero-order chi connectivity index (χ0) is 16.1. The fourth-order valence-corrected chi connectivity index (χ4v) is 2.52. The molecule has 3 aromatic rings. The quantitative estimate of drug-likeness (QED) is 0.769. The number of hydrogen-bond donors (Lipinski definition) is 2. The van der Waals surface area contributed by atoms with Crippen molar-refractivity contribution in [2.24, 2.45) is 0 Å². The van der Waals surface area contributed by atoms with Gasteiger partial charge in [-0.25, -0.2) is 14.8 Å². The van der Waals surface area contributed by atoms with E-state index in [1.54, 1.807) is 12.3 Å². The Bertz CT molecular complexity index is 777. The Hall–Kier alpha value is -2.87.